The van der Waals surface area contributed by atoms with Crippen LogP contribution in [0.2, 0.25) is 5.02 Å². The minimum absolute atomic E-state index is 0.231. The number of amides is 1. The van der Waals surface area contributed by atoms with E-state index in [1.807, 2.05) is 55.6 Å². The number of aromatic nitrogens is 4. The Morgan fingerprint density at radius 1 is 1.28 bits per heavy atom. The van der Waals surface area contributed by atoms with Crippen molar-refractivity contribution in [1.29, 1.82) is 0 Å². The molecule has 9 heteroatoms. The third-order valence-electron chi connectivity index (χ3n) is 5.60. The molecule has 0 saturated carbocycles. The van der Waals surface area contributed by atoms with E-state index in [0.29, 0.717) is 28.8 Å². The highest BCUT2D eigenvalue weighted by molar-refractivity contribution is 6.36. The second kappa shape index (κ2) is 8.05. The molecular formula is C23H22ClN7O. The van der Waals surface area contributed by atoms with Crippen molar-refractivity contribution >= 4 is 46.2 Å². The summed E-state index contributed by atoms with van der Waals surface area (Å²) in [5.41, 5.74) is 4.18. The van der Waals surface area contributed by atoms with Gasteiger partial charge in [-0.1, -0.05) is 41.9 Å². The number of aromatic amines is 1. The first-order valence-corrected chi connectivity index (χ1v) is 10.7. The van der Waals surface area contributed by atoms with Gasteiger partial charge in [0.05, 0.1) is 22.8 Å². The fourth-order valence-electron chi connectivity index (χ4n) is 4.10. The number of H-pyrrole nitrogens is 1. The van der Waals surface area contributed by atoms with E-state index in [9.17, 15) is 4.79 Å². The van der Waals surface area contributed by atoms with Crippen LogP contribution in [-0.2, 0) is 0 Å². The van der Waals surface area contributed by atoms with Crippen molar-refractivity contribution in [3.63, 3.8) is 0 Å². The van der Waals surface area contributed by atoms with Gasteiger partial charge in [0.2, 0.25) is 0 Å². The molecule has 0 radical (unpaired) electrons. The van der Waals surface area contributed by atoms with Gasteiger partial charge in [0.15, 0.2) is 5.82 Å². The number of rotatable bonds is 5. The molecule has 2 aromatic heterocycles. The van der Waals surface area contributed by atoms with Gasteiger partial charge in [0, 0.05) is 30.7 Å². The molecule has 32 heavy (non-hydrogen) atoms. The molecule has 0 fully saturated rings. The normalized spacial score (nSPS) is 13.5. The van der Waals surface area contributed by atoms with E-state index in [1.165, 1.54) is 0 Å². The van der Waals surface area contributed by atoms with Gasteiger partial charge in [-0.2, -0.15) is 5.10 Å². The van der Waals surface area contributed by atoms with Crippen LogP contribution in [0.5, 0.6) is 0 Å². The summed E-state index contributed by atoms with van der Waals surface area (Å²) in [6.45, 7) is 2.58. The lowest BCUT2D eigenvalue weighted by Crippen LogP contribution is -2.28. The summed E-state index contributed by atoms with van der Waals surface area (Å²) in [7, 11) is 1.75. The summed E-state index contributed by atoms with van der Waals surface area (Å²) in [5.74, 6) is 0.937. The maximum Gasteiger partial charge on any atom is 0.259 e. The van der Waals surface area contributed by atoms with Gasteiger partial charge in [-0.3, -0.25) is 9.89 Å². The number of carbonyl (C=O) groups excluding carboxylic acids is 1. The van der Waals surface area contributed by atoms with E-state index in [-0.39, 0.29) is 11.9 Å². The lowest BCUT2D eigenvalue weighted by molar-refractivity contribution is 0.0941. The molecule has 4 aromatic rings. The third kappa shape index (κ3) is 3.29. The molecule has 1 aliphatic heterocycles. The van der Waals surface area contributed by atoms with Crippen molar-refractivity contribution in [3.05, 3.63) is 64.8 Å². The zero-order valence-corrected chi connectivity index (χ0v) is 18.4. The van der Waals surface area contributed by atoms with Crippen LogP contribution in [0, 0.1) is 0 Å². The summed E-state index contributed by atoms with van der Waals surface area (Å²) in [5, 5.41) is 22.5. The number of anilines is 2. The Balaban J connectivity index is 1.57. The number of nitrogens with one attached hydrogen (secondary N) is 4. The van der Waals surface area contributed by atoms with Crippen LogP contribution < -0.4 is 16.0 Å². The SMILES string of the molecule is CNc1nn2c(c1C(=O)NC(C)c1cc(Cl)c3cn[nH]c3c1-c1ccccc1)NCC=C2. The highest BCUT2D eigenvalue weighted by atomic mass is 35.5. The molecule has 0 aliphatic carbocycles. The fraction of sp³-hybridized carbons (Fsp3) is 0.174. The molecule has 1 amide bonds. The standard InChI is InChI=1S/C23H22ClN7O/c1-13(28-23(32)19-21(25-2)30-31-10-6-9-26-22(19)31)15-11-17(24)16-12-27-29-20(16)18(15)14-7-4-3-5-8-14/h3-8,10-13,26H,9H2,1-2H3,(H,25,30)(H,27,29)(H,28,32). The van der Waals surface area contributed by atoms with E-state index in [4.69, 9.17) is 11.6 Å². The second-order valence-electron chi connectivity index (χ2n) is 7.57. The van der Waals surface area contributed by atoms with E-state index in [2.05, 4.69) is 31.2 Å². The first kappa shape index (κ1) is 20.1. The monoisotopic (exact) mass is 447 g/mol. The number of fused-ring (bicyclic) bond motifs is 2. The third-order valence-corrected chi connectivity index (χ3v) is 5.92. The van der Waals surface area contributed by atoms with Crippen LogP contribution in [0.3, 0.4) is 0 Å². The molecule has 1 aliphatic rings. The minimum atomic E-state index is -0.331. The topological polar surface area (TPSA) is 99.7 Å². The summed E-state index contributed by atoms with van der Waals surface area (Å²) < 4.78 is 1.66. The largest absolute Gasteiger partial charge is 0.371 e. The Bertz CT molecular complexity index is 1340. The highest BCUT2D eigenvalue weighted by Crippen LogP contribution is 2.38. The number of carbonyl (C=O) groups is 1. The summed E-state index contributed by atoms with van der Waals surface area (Å²) in [6.07, 6.45) is 5.50. The van der Waals surface area contributed by atoms with Crippen molar-refractivity contribution < 1.29 is 4.79 Å². The molecule has 0 bridgehead atoms. The van der Waals surface area contributed by atoms with Crippen molar-refractivity contribution in [2.24, 2.45) is 0 Å². The predicted octanol–water partition coefficient (Wildman–Crippen LogP) is 4.51. The maximum atomic E-state index is 13.4. The zero-order chi connectivity index (χ0) is 22.2. The Hall–Kier alpha value is -3.78. The minimum Gasteiger partial charge on any atom is -0.371 e. The molecule has 5 rings (SSSR count). The Labute approximate surface area is 189 Å². The van der Waals surface area contributed by atoms with Gasteiger partial charge in [-0.05, 0) is 30.2 Å². The van der Waals surface area contributed by atoms with E-state index < -0.39 is 0 Å². The predicted molar refractivity (Wildman–Crippen MR) is 128 cm³/mol. The lowest BCUT2D eigenvalue weighted by atomic mass is 9.93. The van der Waals surface area contributed by atoms with Crippen LogP contribution in [0.25, 0.3) is 28.2 Å². The molecule has 0 saturated heterocycles. The van der Waals surface area contributed by atoms with Gasteiger partial charge < -0.3 is 16.0 Å². The number of hydrogen-bond donors (Lipinski definition) is 4. The number of nitrogens with zero attached hydrogens (tertiary/aromatic N) is 3. The molecule has 4 N–H and O–H groups in total. The van der Waals surface area contributed by atoms with Crippen molar-refractivity contribution in [1.82, 2.24) is 25.3 Å². The molecule has 8 nitrogen and oxygen atoms in total. The average molecular weight is 448 g/mol. The Morgan fingerprint density at radius 2 is 2.09 bits per heavy atom. The van der Waals surface area contributed by atoms with Crippen molar-refractivity contribution in [2.75, 3.05) is 24.2 Å². The van der Waals surface area contributed by atoms with E-state index in [1.54, 1.807) is 17.9 Å². The first-order chi connectivity index (χ1) is 15.6. The van der Waals surface area contributed by atoms with Crippen molar-refractivity contribution in [2.45, 2.75) is 13.0 Å². The highest BCUT2D eigenvalue weighted by Gasteiger charge is 2.26. The molecule has 162 valence electrons. The Morgan fingerprint density at radius 3 is 2.88 bits per heavy atom. The zero-order valence-electron chi connectivity index (χ0n) is 17.6. The van der Waals surface area contributed by atoms with Crippen LogP contribution in [0.4, 0.5) is 11.6 Å². The van der Waals surface area contributed by atoms with Crippen LogP contribution in [0.1, 0.15) is 28.9 Å². The van der Waals surface area contributed by atoms with Crippen LogP contribution >= 0.6 is 11.6 Å². The van der Waals surface area contributed by atoms with Gasteiger partial charge in [-0.25, -0.2) is 4.68 Å². The second-order valence-corrected chi connectivity index (χ2v) is 7.98. The van der Waals surface area contributed by atoms with E-state index >= 15 is 0 Å². The number of halogens is 1. The quantitative estimate of drug-likeness (QED) is 0.360. The fourth-order valence-corrected chi connectivity index (χ4v) is 4.36. The summed E-state index contributed by atoms with van der Waals surface area (Å²) in [4.78, 5) is 13.4. The van der Waals surface area contributed by atoms with Gasteiger partial charge in [0.1, 0.15) is 11.4 Å². The Kier molecular flexibility index (Phi) is 5.07. The lowest BCUT2D eigenvalue weighted by Gasteiger charge is -2.20. The first-order valence-electron chi connectivity index (χ1n) is 10.3. The van der Waals surface area contributed by atoms with Gasteiger partial charge >= 0.3 is 0 Å². The molecule has 2 aromatic carbocycles. The van der Waals surface area contributed by atoms with Crippen LogP contribution in [0.15, 0.2) is 48.7 Å². The van der Waals surface area contributed by atoms with Crippen LogP contribution in [-0.4, -0.2) is 39.5 Å². The molecule has 3 heterocycles. The average Bonchev–Trinajstić information content (AvgIpc) is 3.44. The smallest absolute Gasteiger partial charge is 0.259 e. The van der Waals surface area contributed by atoms with E-state index in [0.717, 1.165) is 27.6 Å². The van der Waals surface area contributed by atoms with Crippen molar-refractivity contribution in [3.8, 4) is 11.1 Å². The molecule has 1 atom stereocenters. The molecule has 1 unspecified atom stereocenters. The number of hydrogen-bond acceptors (Lipinski definition) is 5. The molecular weight excluding hydrogens is 426 g/mol. The number of benzene rings is 2. The maximum absolute atomic E-state index is 13.4. The van der Waals surface area contributed by atoms with Gasteiger partial charge in [0.25, 0.3) is 5.91 Å². The summed E-state index contributed by atoms with van der Waals surface area (Å²) in [6, 6.07) is 11.6. The summed E-state index contributed by atoms with van der Waals surface area (Å²) >= 11 is 6.57. The molecule has 0 spiro atoms. The van der Waals surface area contributed by atoms with Gasteiger partial charge in [-0.15, -0.1) is 5.10 Å².